The Labute approximate surface area is 170 Å². The molecule has 0 radical (unpaired) electrons. The van der Waals surface area contributed by atoms with Crippen molar-refractivity contribution < 1.29 is 9.59 Å². The van der Waals surface area contributed by atoms with E-state index in [4.69, 9.17) is 0 Å². The molecule has 1 aliphatic heterocycles. The minimum Gasteiger partial charge on any atom is -0.350 e. The van der Waals surface area contributed by atoms with Crippen molar-refractivity contribution in [3.8, 4) is 0 Å². The number of hydrogen-bond donors (Lipinski definition) is 1. The quantitative estimate of drug-likeness (QED) is 0.850. The fourth-order valence-corrected chi connectivity index (χ4v) is 4.06. The number of carbonyl (C=O) groups excluding carboxylic acids is 2. The molecule has 1 aromatic carbocycles. The SMILES string of the molecule is Cn1cc(CC(=O)N=C2C=CC3C(=C2)NC(=O)C=C3C(C)(C)C)c2ccccc21. The predicted molar refractivity (Wildman–Crippen MR) is 115 cm³/mol. The highest BCUT2D eigenvalue weighted by molar-refractivity contribution is 6.11. The van der Waals surface area contributed by atoms with Crippen molar-refractivity contribution in [1.82, 2.24) is 9.88 Å². The van der Waals surface area contributed by atoms with Gasteiger partial charge in [-0.3, -0.25) is 9.59 Å². The molecule has 1 aromatic heterocycles. The Bertz CT molecular complexity index is 1140. The van der Waals surface area contributed by atoms with Gasteiger partial charge < -0.3 is 9.88 Å². The van der Waals surface area contributed by atoms with Gasteiger partial charge in [0.15, 0.2) is 0 Å². The van der Waals surface area contributed by atoms with Gasteiger partial charge in [-0.25, -0.2) is 4.99 Å². The number of nitrogens with zero attached hydrogens (tertiary/aromatic N) is 2. The van der Waals surface area contributed by atoms with E-state index in [1.165, 1.54) is 0 Å². The van der Waals surface area contributed by atoms with Crippen molar-refractivity contribution in [2.75, 3.05) is 0 Å². The molecule has 0 spiro atoms. The van der Waals surface area contributed by atoms with Crippen molar-refractivity contribution in [3.63, 3.8) is 0 Å². The zero-order valence-electron chi connectivity index (χ0n) is 17.2. The number of benzene rings is 1. The van der Waals surface area contributed by atoms with Crippen LogP contribution < -0.4 is 5.32 Å². The third kappa shape index (κ3) is 3.73. The maximum atomic E-state index is 12.6. The number of hydrogen-bond acceptors (Lipinski definition) is 2. The number of amides is 2. The van der Waals surface area contributed by atoms with Gasteiger partial charge in [-0.2, -0.15) is 0 Å². The zero-order chi connectivity index (χ0) is 20.8. The lowest BCUT2D eigenvalue weighted by molar-refractivity contribution is -0.117. The van der Waals surface area contributed by atoms with E-state index in [2.05, 4.69) is 31.1 Å². The summed E-state index contributed by atoms with van der Waals surface area (Å²) in [6.07, 6.45) is 9.59. The van der Waals surface area contributed by atoms with Crippen LogP contribution in [0.2, 0.25) is 0 Å². The molecule has 0 saturated heterocycles. The third-order valence-corrected chi connectivity index (χ3v) is 5.43. The van der Waals surface area contributed by atoms with E-state index in [1.807, 2.05) is 60.3 Å². The van der Waals surface area contributed by atoms with E-state index in [1.54, 1.807) is 6.08 Å². The van der Waals surface area contributed by atoms with Gasteiger partial charge in [-0.05, 0) is 34.8 Å². The van der Waals surface area contributed by atoms with E-state index in [0.717, 1.165) is 27.7 Å². The van der Waals surface area contributed by atoms with E-state index in [9.17, 15) is 9.59 Å². The van der Waals surface area contributed by atoms with Crippen LogP contribution in [-0.4, -0.2) is 22.1 Å². The summed E-state index contributed by atoms with van der Waals surface area (Å²) in [6, 6.07) is 8.02. The van der Waals surface area contributed by atoms with Crippen molar-refractivity contribution in [1.29, 1.82) is 0 Å². The Balaban J connectivity index is 1.58. The first kappa shape index (κ1) is 19.1. The first-order valence-corrected chi connectivity index (χ1v) is 9.80. The summed E-state index contributed by atoms with van der Waals surface area (Å²) in [6.45, 7) is 6.29. The smallest absolute Gasteiger partial charge is 0.250 e. The summed E-state index contributed by atoms with van der Waals surface area (Å²) in [5, 5.41) is 3.97. The van der Waals surface area contributed by atoms with E-state index in [0.29, 0.717) is 5.71 Å². The molecule has 2 aromatic rings. The number of aromatic nitrogens is 1. The summed E-state index contributed by atoms with van der Waals surface area (Å²) < 4.78 is 2.02. The zero-order valence-corrected chi connectivity index (χ0v) is 17.2. The Hall–Kier alpha value is -3.21. The van der Waals surface area contributed by atoms with Crippen molar-refractivity contribution in [3.05, 3.63) is 71.6 Å². The second kappa shape index (κ2) is 6.99. The fourth-order valence-electron chi connectivity index (χ4n) is 4.06. The lowest BCUT2D eigenvalue weighted by atomic mass is 9.74. The predicted octanol–water partition coefficient (Wildman–Crippen LogP) is 3.86. The van der Waals surface area contributed by atoms with Crippen LogP contribution >= 0.6 is 0 Å². The van der Waals surface area contributed by atoms with Gasteiger partial charge in [0.05, 0.1) is 12.1 Å². The monoisotopic (exact) mass is 387 g/mol. The Morgan fingerprint density at radius 2 is 1.97 bits per heavy atom. The average molecular weight is 387 g/mol. The second-order valence-corrected chi connectivity index (χ2v) is 8.66. The van der Waals surface area contributed by atoms with Crippen LogP contribution in [0.5, 0.6) is 0 Å². The van der Waals surface area contributed by atoms with Crippen LogP contribution in [0.15, 0.2) is 71.0 Å². The molecule has 0 fully saturated rings. The van der Waals surface area contributed by atoms with Crippen LogP contribution in [0.3, 0.4) is 0 Å². The maximum absolute atomic E-state index is 12.6. The average Bonchev–Trinajstić information content (AvgIpc) is 2.96. The highest BCUT2D eigenvalue weighted by atomic mass is 16.2. The molecule has 2 heterocycles. The summed E-state index contributed by atoms with van der Waals surface area (Å²) >= 11 is 0. The van der Waals surface area contributed by atoms with E-state index >= 15 is 0 Å². The van der Waals surface area contributed by atoms with E-state index < -0.39 is 0 Å². The van der Waals surface area contributed by atoms with Gasteiger partial charge in [0.25, 0.3) is 5.91 Å². The molecule has 29 heavy (non-hydrogen) atoms. The largest absolute Gasteiger partial charge is 0.350 e. The van der Waals surface area contributed by atoms with Gasteiger partial charge in [0.2, 0.25) is 5.91 Å². The molecule has 0 saturated carbocycles. The number of fused-ring (bicyclic) bond motifs is 2. The second-order valence-electron chi connectivity index (χ2n) is 8.66. The summed E-state index contributed by atoms with van der Waals surface area (Å²) in [7, 11) is 1.97. The number of nitrogens with one attached hydrogen (secondary N) is 1. The molecular formula is C24H25N3O2. The molecular weight excluding hydrogens is 362 g/mol. The van der Waals surface area contributed by atoms with Gasteiger partial charge >= 0.3 is 0 Å². The molecule has 5 heteroatoms. The minimum absolute atomic E-state index is 0.0137. The highest BCUT2D eigenvalue weighted by Crippen LogP contribution is 2.38. The van der Waals surface area contributed by atoms with Gasteiger partial charge in [-0.15, -0.1) is 0 Å². The lowest BCUT2D eigenvalue weighted by Gasteiger charge is -2.34. The summed E-state index contributed by atoms with van der Waals surface area (Å²) in [4.78, 5) is 29.0. The van der Waals surface area contributed by atoms with Crippen molar-refractivity contribution >= 4 is 28.4 Å². The Kier molecular flexibility index (Phi) is 4.61. The first-order valence-electron chi connectivity index (χ1n) is 9.80. The molecule has 1 atom stereocenters. The number of aliphatic imine (C=N–C) groups is 1. The Morgan fingerprint density at radius 3 is 2.72 bits per heavy atom. The molecule has 4 rings (SSSR count). The molecule has 5 nitrogen and oxygen atoms in total. The maximum Gasteiger partial charge on any atom is 0.250 e. The van der Waals surface area contributed by atoms with Crippen LogP contribution in [0.1, 0.15) is 26.3 Å². The molecule has 1 N–H and O–H groups in total. The van der Waals surface area contributed by atoms with Crippen LogP contribution in [0.4, 0.5) is 0 Å². The van der Waals surface area contributed by atoms with Gasteiger partial charge in [-0.1, -0.05) is 45.0 Å². The standard InChI is InChI=1S/C24H25N3O2/c1-24(2,3)19-13-23(29)26-20-12-16(9-10-18(19)20)25-22(28)11-15-14-27(4)21-8-6-5-7-17(15)21/h5-10,12-14,18H,11H2,1-4H3,(H,26,29). The van der Waals surface area contributed by atoms with Crippen molar-refractivity contribution in [2.45, 2.75) is 27.2 Å². The number of aryl methyl sites for hydroxylation is 1. The van der Waals surface area contributed by atoms with Crippen LogP contribution in [-0.2, 0) is 23.1 Å². The lowest BCUT2D eigenvalue weighted by Crippen LogP contribution is -2.36. The molecule has 1 unspecified atom stereocenters. The summed E-state index contributed by atoms with van der Waals surface area (Å²) in [5.74, 6) is -0.320. The Morgan fingerprint density at radius 1 is 1.21 bits per heavy atom. The van der Waals surface area contributed by atoms with E-state index in [-0.39, 0.29) is 29.6 Å². The number of para-hydroxylation sites is 1. The number of carbonyl (C=O) groups is 2. The molecule has 0 bridgehead atoms. The number of allylic oxidation sites excluding steroid dienone is 3. The van der Waals surface area contributed by atoms with Gasteiger partial charge in [0.1, 0.15) is 0 Å². The fraction of sp³-hybridized carbons (Fsp3) is 0.292. The van der Waals surface area contributed by atoms with Crippen molar-refractivity contribution in [2.24, 2.45) is 23.4 Å². The normalized spacial score (nSPS) is 20.3. The minimum atomic E-state index is -0.204. The van der Waals surface area contributed by atoms with Crippen LogP contribution in [0, 0.1) is 11.3 Å². The first-order chi connectivity index (χ1) is 13.7. The van der Waals surface area contributed by atoms with Gasteiger partial charge in [0, 0.05) is 41.8 Å². The summed E-state index contributed by atoms with van der Waals surface area (Å²) in [5.41, 5.74) is 4.34. The van der Waals surface area contributed by atoms with Crippen LogP contribution in [0.25, 0.3) is 10.9 Å². The molecule has 1 aliphatic carbocycles. The molecule has 2 aliphatic rings. The third-order valence-electron chi connectivity index (χ3n) is 5.43. The number of rotatable bonds is 2. The highest BCUT2D eigenvalue weighted by Gasteiger charge is 2.32. The topological polar surface area (TPSA) is 63.5 Å². The molecule has 148 valence electrons. The molecule has 2 amide bonds.